The van der Waals surface area contributed by atoms with E-state index in [4.69, 9.17) is 5.11 Å². The monoisotopic (exact) mass is 289 g/mol. The van der Waals surface area contributed by atoms with Crippen molar-refractivity contribution in [3.63, 3.8) is 0 Å². The summed E-state index contributed by atoms with van der Waals surface area (Å²) in [7, 11) is 0. The third kappa shape index (κ3) is 2.92. The molecule has 0 aromatic heterocycles. The van der Waals surface area contributed by atoms with Gasteiger partial charge in [-0.25, -0.2) is 4.79 Å². The van der Waals surface area contributed by atoms with Crippen molar-refractivity contribution in [1.29, 1.82) is 0 Å². The minimum Gasteiger partial charge on any atom is -0.479 e. The molecule has 0 aliphatic carbocycles. The number of halogens is 3. The maximum absolute atomic E-state index is 12.8. The maximum atomic E-state index is 12.8. The summed E-state index contributed by atoms with van der Waals surface area (Å²) >= 11 is 0. The van der Waals surface area contributed by atoms with Crippen LogP contribution in [0.4, 0.5) is 13.2 Å². The molecule has 1 amide bonds. The zero-order valence-electron chi connectivity index (χ0n) is 11.1. The van der Waals surface area contributed by atoms with Gasteiger partial charge in [0.15, 0.2) is 0 Å². The van der Waals surface area contributed by atoms with Crippen LogP contribution in [-0.2, 0) is 4.79 Å². The number of amides is 1. The Morgan fingerprint density at radius 2 is 1.75 bits per heavy atom. The third-order valence-electron chi connectivity index (χ3n) is 2.98. The van der Waals surface area contributed by atoms with Crippen LogP contribution >= 0.6 is 0 Å². The number of alkyl halides is 3. The molecule has 0 aliphatic rings. The summed E-state index contributed by atoms with van der Waals surface area (Å²) in [6.45, 7) is 3.75. The van der Waals surface area contributed by atoms with E-state index in [0.29, 0.717) is 12.5 Å². The Balaban J connectivity index is 3.13. The molecule has 1 rings (SSSR count). The smallest absolute Gasteiger partial charge is 0.422 e. The Kier molecular flexibility index (Phi) is 4.12. The van der Waals surface area contributed by atoms with Gasteiger partial charge in [0, 0.05) is 5.56 Å². The molecule has 1 aromatic rings. The Bertz CT molecular complexity index is 554. The highest BCUT2D eigenvalue weighted by atomic mass is 19.4. The largest absolute Gasteiger partial charge is 0.479 e. The minimum absolute atomic E-state index is 0.00678. The van der Waals surface area contributed by atoms with E-state index in [9.17, 15) is 22.8 Å². The molecule has 1 atom stereocenters. The molecule has 0 saturated heterocycles. The van der Waals surface area contributed by atoms with Gasteiger partial charge in [0.25, 0.3) is 5.91 Å². The number of carboxylic acids is 1. The number of aryl methyl sites for hydroxylation is 2. The van der Waals surface area contributed by atoms with Gasteiger partial charge in [0.1, 0.15) is 0 Å². The first kappa shape index (κ1) is 16.0. The van der Waals surface area contributed by atoms with Gasteiger partial charge >= 0.3 is 12.1 Å². The summed E-state index contributed by atoms with van der Waals surface area (Å²) in [4.78, 5) is 22.7. The summed E-state index contributed by atoms with van der Waals surface area (Å²) in [5.41, 5.74) is -2.01. The lowest BCUT2D eigenvalue weighted by Crippen LogP contribution is -2.61. The number of hydrogen-bond donors (Lipinski definition) is 2. The highest BCUT2D eigenvalue weighted by molar-refractivity contribution is 5.99. The van der Waals surface area contributed by atoms with E-state index in [2.05, 4.69) is 0 Å². The van der Waals surface area contributed by atoms with Crippen molar-refractivity contribution >= 4 is 11.9 Å². The highest BCUT2D eigenvalue weighted by Crippen LogP contribution is 2.30. The van der Waals surface area contributed by atoms with E-state index in [0.717, 1.165) is 5.56 Å². The molecule has 20 heavy (non-hydrogen) atoms. The van der Waals surface area contributed by atoms with E-state index in [1.165, 1.54) is 6.07 Å². The van der Waals surface area contributed by atoms with Crippen molar-refractivity contribution in [3.8, 4) is 0 Å². The lowest BCUT2D eigenvalue weighted by Gasteiger charge is -2.28. The second-order valence-corrected chi connectivity index (χ2v) is 4.70. The summed E-state index contributed by atoms with van der Waals surface area (Å²) in [5, 5.41) is 10.3. The highest BCUT2D eigenvalue weighted by Gasteiger charge is 2.58. The van der Waals surface area contributed by atoms with Crippen LogP contribution in [0.25, 0.3) is 0 Å². The maximum Gasteiger partial charge on any atom is 0.422 e. The third-order valence-corrected chi connectivity index (χ3v) is 2.98. The van der Waals surface area contributed by atoms with Gasteiger partial charge in [-0.15, -0.1) is 0 Å². The fraction of sp³-hybridized carbons (Fsp3) is 0.385. The van der Waals surface area contributed by atoms with Gasteiger partial charge in [-0.2, -0.15) is 13.2 Å². The number of aliphatic carboxylic acids is 1. The molecule has 0 bridgehead atoms. The number of carbonyl (C=O) groups excluding carboxylic acids is 1. The normalized spacial score (nSPS) is 14.5. The molecular formula is C13H14F3NO3. The molecule has 0 spiro atoms. The van der Waals surface area contributed by atoms with Gasteiger partial charge in [-0.1, -0.05) is 17.7 Å². The van der Waals surface area contributed by atoms with Crippen LogP contribution in [0, 0.1) is 13.8 Å². The van der Waals surface area contributed by atoms with Crippen LogP contribution in [0.15, 0.2) is 18.2 Å². The standard InChI is InChI=1S/C13H14F3NO3/c1-7-4-5-9(8(2)6-7)10(18)17-12(3,11(19)20)13(14,15)16/h4-6H,1-3H3,(H,17,18)(H,19,20). The molecular weight excluding hydrogens is 275 g/mol. The van der Waals surface area contributed by atoms with E-state index in [-0.39, 0.29) is 5.56 Å². The van der Waals surface area contributed by atoms with E-state index in [1.807, 2.05) is 0 Å². The average Bonchev–Trinajstić information content (AvgIpc) is 2.26. The van der Waals surface area contributed by atoms with Crippen LogP contribution in [-0.4, -0.2) is 28.7 Å². The fourth-order valence-corrected chi connectivity index (χ4v) is 1.61. The van der Waals surface area contributed by atoms with Crippen LogP contribution < -0.4 is 5.32 Å². The van der Waals surface area contributed by atoms with E-state index in [1.54, 1.807) is 31.3 Å². The molecule has 0 heterocycles. The predicted molar refractivity (Wildman–Crippen MR) is 65.5 cm³/mol. The van der Waals surface area contributed by atoms with Crippen LogP contribution in [0.2, 0.25) is 0 Å². The van der Waals surface area contributed by atoms with Gasteiger partial charge in [-0.05, 0) is 32.4 Å². The van der Waals surface area contributed by atoms with Gasteiger partial charge in [0.05, 0.1) is 0 Å². The molecule has 2 N–H and O–H groups in total. The average molecular weight is 289 g/mol. The topological polar surface area (TPSA) is 66.4 Å². The van der Waals surface area contributed by atoms with Gasteiger partial charge in [-0.3, -0.25) is 4.79 Å². The van der Waals surface area contributed by atoms with Gasteiger partial charge in [0.2, 0.25) is 5.54 Å². The molecule has 0 fully saturated rings. The molecule has 0 radical (unpaired) electrons. The molecule has 1 unspecified atom stereocenters. The Labute approximate surface area is 113 Å². The molecule has 4 nitrogen and oxygen atoms in total. The molecule has 1 aromatic carbocycles. The van der Waals surface area contributed by atoms with E-state index < -0.39 is 23.6 Å². The number of benzene rings is 1. The Morgan fingerprint density at radius 3 is 2.15 bits per heavy atom. The molecule has 0 saturated carbocycles. The van der Waals surface area contributed by atoms with Crippen LogP contribution in [0.1, 0.15) is 28.4 Å². The number of carbonyl (C=O) groups is 2. The second-order valence-electron chi connectivity index (χ2n) is 4.70. The second kappa shape index (κ2) is 5.15. The molecule has 7 heteroatoms. The summed E-state index contributed by atoms with van der Waals surface area (Å²) in [5.74, 6) is -3.24. The van der Waals surface area contributed by atoms with Crippen molar-refractivity contribution < 1.29 is 27.9 Å². The first-order chi connectivity index (χ1) is 8.99. The van der Waals surface area contributed by atoms with Crippen LogP contribution in [0.5, 0.6) is 0 Å². The minimum atomic E-state index is -5.10. The fourth-order valence-electron chi connectivity index (χ4n) is 1.61. The van der Waals surface area contributed by atoms with Crippen molar-refractivity contribution in [2.75, 3.05) is 0 Å². The van der Waals surface area contributed by atoms with E-state index >= 15 is 0 Å². The van der Waals surface area contributed by atoms with Crippen molar-refractivity contribution in [2.24, 2.45) is 0 Å². The number of rotatable bonds is 3. The zero-order valence-corrected chi connectivity index (χ0v) is 11.1. The Morgan fingerprint density at radius 1 is 1.20 bits per heavy atom. The van der Waals surface area contributed by atoms with Crippen molar-refractivity contribution in [3.05, 3.63) is 34.9 Å². The first-order valence-corrected chi connectivity index (χ1v) is 5.69. The van der Waals surface area contributed by atoms with Gasteiger partial charge < -0.3 is 10.4 Å². The predicted octanol–water partition coefficient (Wildman–Crippen LogP) is 2.44. The lowest BCUT2D eigenvalue weighted by atomic mass is 9.99. The first-order valence-electron chi connectivity index (χ1n) is 5.69. The quantitative estimate of drug-likeness (QED) is 0.898. The summed E-state index contributed by atoms with van der Waals surface area (Å²) in [6.07, 6.45) is -5.10. The van der Waals surface area contributed by atoms with Crippen molar-refractivity contribution in [1.82, 2.24) is 5.32 Å². The molecule has 110 valence electrons. The summed E-state index contributed by atoms with van der Waals surface area (Å²) in [6, 6.07) is 4.55. The number of hydrogen-bond acceptors (Lipinski definition) is 2. The van der Waals surface area contributed by atoms with Crippen LogP contribution in [0.3, 0.4) is 0 Å². The summed E-state index contributed by atoms with van der Waals surface area (Å²) < 4.78 is 38.4. The molecule has 0 aliphatic heterocycles. The SMILES string of the molecule is Cc1ccc(C(=O)NC(C)(C(=O)O)C(F)(F)F)c(C)c1. The Hall–Kier alpha value is -2.05. The lowest BCUT2D eigenvalue weighted by molar-refractivity contribution is -0.203. The number of nitrogens with one attached hydrogen (secondary N) is 1. The van der Waals surface area contributed by atoms with Crippen molar-refractivity contribution in [2.45, 2.75) is 32.5 Å². The number of carboxylic acid groups (broad SMARTS) is 1. The zero-order chi connectivity index (χ0) is 15.7.